The third-order valence-corrected chi connectivity index (χ3v) is 5.01. The molecule has 1 aliphatic rings. The fraction of sp³-hybridized carbons (Fsp3) is 0.417. The van der Waals surface area contributed by atoms with E-state index in [0.717, 1.165) is 23.2 Å². The number of hydrogen-bond donors (Lipinski definition) is 1. The summed E-state index contributed by atoms with van der Waals surface area (Å²) in [5.41, 5.74) is -1.26. The van der Waals surface area contributed by atoms with E-state index in [0.29, 0.717) is 6.07 Å². The predicted octanol–water partition coefficient (Wildman–Crippen LogP) is 1.69. The topological polar surface area (TPSA) is 74.7 Å². The van der Waals surface area contributed by atoms with Crippen LogP contribution < -0.4 is 0 Å². The maximum Gasteiger partial charge on any atom is 0.341 e. The summed E-state index contributed by atoms with van der Waals surface area (Å²) in [5.74, 6) is -4.47. The number of carbonyl (C=O) groups is 1. The maximum atomic E-state index is 14.0. The van der Waals surface area contributed by atoms with E-state index in [1.807, 2.05) is 0 Å². The van der Waals surface area contributed by atoms with Crippen LogP contribution >= 0.6 is 0 Å². The molecule has 0 spiro atoms. The molecule has 0 radical (unpaired) electrons. The SMILES string of the molecule is CN(CC1CC1)S(=O)(=O)c1ccc(F)c(C(=O)O)c1F. The van der Waals surface area contributed by atoms with Crippen LogP contribution in [0, 0.1) is 17.6 Å². The second kappa shape index (κ2) is 5.10. The van der Waals surface area contributed by atoms with Gasteiger partial charge in [0.05, 0.1) is 0 Å². The summed E-state index contributed by atoms with van der Waals surface area (Å²) >= 11 is 0. The molecule has 1 saturated carbocycles. The minimum Gasteiger partial charge on any atom is -0.477 e. The molecule has 2 rings (SSSR count). The molecule has 0 bridgehead atoms. The summed E-state index contributed by atoms with van der Waals surface area (Å²) in [4.78, 5) is 9.97. The summed E-state index contributed by atoms with van der Waals surface area (Å²) in [6, 6.07) is 1.39. The van der Waals surface area contributed by atoms with E-state index in [9.17, 15) is 22.0 Å². The first-order valence-corrected chi connectivity index (χ1v) is 7.36. The highest BCUT2D eigenvalue weighted by molar-refractivity contribution is 7.89. The van der Waals surface area contributed by atoms with Gasteiger partial charge in [0, 0.05) is 13.6 Å². The molecule has 110 valence electrons. The van der Waals surface area contributed by atoms with E-state index in [1.54, 1.807) is 0 Å². The maximum absolute atomic E-state index is 14.0. The van der Waals surface area contributed by atoms with Gasteiger partial charge in [-0.15, -0.1) is 0 Å². The average molecular weight is 305 g/mol. The molecule has 1 fully saturated rings. The number of carboxylic acid groups (broad SMARTS) is 1. The molecule has 0 aromatic heterocycles. The Morgan fingerprint density at radius 3 is 2.50 bits per heavy atom. The second-order valence-electron chi connectivity index (χ2n) is 4.77. The Bertz CT molecular complexity index is 656. The number of benzene rings is 1. The van der Waals surface area contributed by atoms with Crippen LogP contribution in [0.2, 0.25) is 0 Å². The Hall–Kier alpha value is -1.54. The molecule has 1 aromatic rings. The first kappa shape index (κ1) is 14.9. The first-order valence-electron chi connectivity index (χ1n) is 5.92. The molecule has 0 heterocycles. The lowest BCUT2D eigenvalue weighted by Gasteiger charge is -2.17. The zero-order valence-electron chi connectivity index (χ0n) is 10.6. The summed E-state index contributed by atoms with van der Waals surface area (Å²) in [7, 11) is -2.88. The molecule has 0 unspecified atom stereocenters. The van der Waals surface area contributed by atoms with Crippen molar-refractivity contribution in [2.24, 2.45) is 5.92 Å². The standard InChI is InChI=1S/C12H13F2NO4S/c1-15(6-7-2-3-7)20(18,19)9-5-4-8(13)10(11(9)14)12(16)17/h4-5,7H,2-3,6H2,1H3,(H,16,17). The molecule has 0 amide bonds. The fourth-order valence-electron chi connectivity index (χ4n) is 1.86. The highest BCUT2D eigenvalue weighted by Gasteiger charge is 2.33. The van der Waals surface area contributed by atoms with Crippen molar-refractivity contribution in [3.8, 4) is 0 Å². The smallest absolute Gasteiger partial charge is 0.341 e. The summed E-state index contributed by atoms with van der Waals surface area (Å²) in [6.07, 6.45) is 1.82. The molecule has 1 N–H and O–H groups in total. The lowest BCUT2D eigenvalue weighted by molar-refractivity contribution is 0.0685. The Morgan fingerprint density at radius 2 is 2.00 bits per heavy atom. The predicted molar refractivity (Wildman–Crippen MR) is 65.9 cm³/mol. The molecular formula is C12H13F2NO4S. The van der Waals surface area contributed by atoms with Crippen molar-refractivity contribution in [3.63, 3.8) is 0 Å². The number of rotatable bonds is 5. The van der Waals surface area contributed by atoms with Crippen LogP contribution in [0.15, 0.2) is 17.0 Å². The van der Waals surface area contributed by atoms with Gasteiger partial charge in [-0.2, -0.15) is 0 Å². The molecule has 1 aromatic carbocycles. The van der Waals surface area contributed by atoms with Gasteiger partial charge in [-0.05, 0) is 30.9 Å². The molecule has 5 nitrogen and oxygen atoms in total. The number of hydrogen-bond acceptors (Lipinski definition) is 3. The first-order chi connectivity index (χ1) is 9.25. The van der Waals surface area contributed by atoms with Crippen molar-refractivity contribution in [2.75, 3.05) is 13.6 Å². The van der Waals surface area contributed by atoms with E-state index in [1.165, 1.54) is 7.05 Å². The Kier molecular flexibility index (Phi) is 3.79. The molecule has 0 aliphatic heterocycles. The van der Waals surface area contributed by atoms with Gasteiger partial charge in [0.1, 0.15) is 16.3 Å². The van der Waals surface area contributed by atoms with Crippen LogP contribution in [0.25, 0.3) is 0 Å². The van der Waals surface area contributed by atoms with E-state index < -0.39 is 38.1 Å². The van der Waals surface area contributed by atoms with Crippen molar-refractivity contribution in [1.82, 2.24) is 4.31 Å². The monoisotopic (exact) mass is 305 g/mol. The van der Waals surface area contributed by atoms with Crippen LogP contribution in [-0.2, 0) is 10.0 Å². The molecule has 0 saturated heterocycles. The largest absolute Gasteiger partial charge is 0.477 e. The van der Waals surface area contributed by atoms with Crippen LogP contribution in [0.4, 0.5) is 8.78 Å². The Balaban J connectivity index is 2.46. The number of carboxylic acids is 1. The van der Waals surface area contributed by atoms with Gasteiger partial charge in [-0.3, -0.25) is 0 Å². The third kappa shape index (κ3) is 2.66. The highest BCUT2D eigenvalue weighted by atomic mass is 32.2. The summed E-state index contributed by atoms with van der Waals surface area (Å²) in [6.45, 7) is 0.238. The molecule has 0 atom stereocenters. The highest BCUT2D eigenvalue weighted by Crippen LogP contribution is 2.31. The van der Waals surface area contributed by atoms with E-state index in [4.69, 9.17) is 5.11 Å². The van der Waals surface area contributed by atoms with E-state index >= 15 is 0 Å². The van der Waals surface area contributed by atoms with Crippen molar-refractivity contribution in [2.45, 2.75) is 17.7 Å². The van der Waals surface area contributed by atoms with Gasteiger partial charge < -0.3 is 5.11 Å². The molecule has 1 aliphatic carbocycles. The number of nitrogens with zero attached hydrogens (tertiary/aromatic N) is 1. The Labute approximate surface area is 114 Å². The minimum absolute atomic E-state index is 0.238. The second-order valence-corrected chi connectivity index (χ2v) is 6.78. The zero-order valence-corrected chi connectivity index (χ0v) is 11.5. The number of sulfonamides is 1. The minimum atomic E-state index is -4.17. The normalized spacial score (nSPS) is 15.6. The van der Waals surface area contributed by atoms with Crippen molar-refractivity contribution >= 4 is 16.0 Å². The van der Waals surface area contributed by atoms with Gasteiger partial charge in [-0.1, -0.05) is 0 Å². The zero-order chi connectivity index (χ0) is 15.1. The van der Waals surface area contributed by atoms with Gasteiger partial charge in [0.2, 0.25) is 10.0 Å². The van der Waals surface area contributed by atoms with Gasteiger partial charge in [-0.25, -0.2) is 26.3 Å². The third-order valence-electron chi connectivity index (χ3n) is 3.17. The molecule has 8 heteroatoms. The van der Waals surface area contributed by atoms with Crippen LogP contribution in [0.3, 0.4) is 0 Å². The van der Waals surface area contributed by atoms with Crippen molar-refractivity contribution in [1.29, 1.82) is 0 Å². The lowest BCUT2D eigenvalue weighted by atomic mass is 10.2. The van der Waals surface area contributed by atoms with Crippen LogP contribution in [0.1, 0.15) is 23.2 Å². The average Bonchev–Trinajstić information content (AvgIpc) is 3.11. The van der Waals surface area contributed by atoms with Crippen molar-refractivity contribution < 1.29 is 27.1 Å². The lowest BCUT2D eigenvalue weighted by Crippen LogP contribution is -2.30. The van der Waals surface area contributed by atoms with E-state index in [-0.39, 0.29) is 12.5 Å². The van der Waals surface area contributed by atoms with Gasteiger partial charge >= 0.3 is 5.97 Å². The van der Waals surface area contributed by atoms with E-state index in [2.05, 4.69) is 0 Å². The molecule has 20 heavy (non-hydrogen) atoms. The number of halogens is 2. The van der Waals surface area contributed by atoms with Crippen molar-refractivity contribution in [3.05, 3.63) is 29.3 Å². The van der Waals surface area contributed by atoms with Crippen LogP contribution in [0.5, 0.6) is 0 Å². The Morgan fingerprint density at radius 1 is 1.40 bits per heavy atom. The van der Waals surface area contributed by atoms with Gasteiger partial charge in [0.15, 0.2) is 5.82 Å². The quantitative estimate of drug-likeness (QED) is 0.898. The fourth-order valence-corrected chi connectivity index (χ4v) is 3.17. The van der Waals surface area contributed by atoms with Crippen LogP contribution in [-0.4, -0.2) is 37.4 Å². The molecular weight excluding hydrogens is 292 g/mol. The summed E-state index contributed by atoms with van der Waals surface area (Å²) < 4.78 is 52.5. The number of aromatic carboxylic acids is 1. The summed E-state index contributed by atoms with van der Waals surface area (Å²) in [5, 5.41) is 8.74. The van der Waals surface area contributed by atoms with Gasteiger partial charge in [0.25, 0.3) is 0 Å².